The number of aromatic nitrogens is 2. The predicted octanol–water partition coefficient (Wildman–Crippen LogP) is 1.71. The maximum Gasteiger partial charge on any atom is 0.234 e. The van der Waals surface area contributed by atoms with Crippen molar-refractivity contribution >= 4 is 17.7 Å². The van der Waals surface area contributed by atoms with Gasteiger partial charge in [0.2, 0.25) is 5.91 Å². The summed E-state index contributed by atoms with van der Waals surface area (Å²) in [6.45, 7) is 3.35. The number of benzene rings is 1. The fourth-order valence-corrected chi connectivity index (χ4v) is 4.35. The van der Waals surface area contributed by atoms with Crippen molar-refractivity contribution in [1.29, 1.82) is 0 Å². The van der Waals surface area contributed by atoms with Gasteiger partial charge in [-0.15, -0.1) is 11.8 Å². The summed E-state index contributed by atoms with van der Waals surface area (Å²) >= 11 is 1.66. The quantitative estimate of drug-likeness (QED) is 0.900. The number of rotatable bonds is 3. The summed E-state index contributed by atoms with van der Waals surface area (Å²) in [5, 5.41) is 11.0. The Bertz CT molecular complexity index is 679. The number of hydrogen-bond donors (Lipinski definition) is 2. The Labute approximate surface area is 139 Å². The van der Waals surface area contributed by atoms with Crippen LogP contribution in [-0.4, -0.2) is 27.5 Å². The maximum absolute atomic E-state index is 12.4. The first-order valence-electron chi connectivity index (χ1n) is 8.08. The van der Waals surface area contributed by atoms with Gasteiger partial charge in [0.25, 0.3) is 0 Å². The SMILES string of the molecule is O=C(NCc1cc2n(n1)CCCNC2)C1Cc2ccccc2S1. The van der Waals surface area contributed by atoms with Gasteiger partial charge in [-0.3, -0.25) is 9.48 Å². The van der Waals surface area contributed by atoms with Crippen LogP contribution in [0.25, 0.3) is 0 Å². The second-order valence-corrected chi connectivity index (χ2v) is 7.26. The summed E-state index contributed by atoms with van der Waals surface area (Å²) in [4.78, 5) is 13.6. The number of nitrogens with one attached hydrogen (secondary N) is 2. The second kappa shape index (κ2) is 6.37. The van der Waals surface area contributed by atoms with E-state index in [1.54, 1.807) is 11.8 Å². The number of aryl methyl sites for hydroxylation is 1. The van der Waals surface area contributed by atoms with E-state index in [9.17, 15) is 4.79 Å². The van der Waals surface area contributed by atoms with E-state index in [1.165, 1.54) is 16.2 Å². The summed E-state index contributed by atoms with van der Waals surface area (Å²) in [7, 11) is 0. The van der Waals surface area contributed by atoms with E-state index in [0.717, 1.165) is 38.2 Å². The van der Waals surface area contributed by atoms with Crippen LogP contribution in [0.5, 0.6) is 0 Å². The van der Waals surface area contributed by atoms with E-state index in [1.807, 2.05) is 12.1 Å². The first-order valence-corrected chi connectivity index (χ1v) is 8.96. The molecule has 0 fully saturated rings. The van der Waals surface area contributed by atoms with Crippen LogP contribution in [0.15, 0.2) is 35.2 Å². The molecule has 5 nitrogen and oxygen atoms in total. The molecule has 1 aromatic heterocycles. The molecule has 0 aliphatic carbocycles. The molecule has 4 rings (SSSR count). The molecule has 2 aromatic rings. The Morgan fingerprint density at radius 1 is 1.43 bits per heavy atom. The average molecular weight is 328 g/mol. The van der Waals surface area contributed by atoms with Crippen molar-refractivity contribution < 1.29 is 4.79 Å². The minimum absolute atomic E-state index is 0.0190. The summed E-state index contributed by atoms with van der Waals surface area (Å²) in [6, 6.07) is 10.3. The molecule has 6 heteroatoms. The summed E-state index contributed by atoms with van der Waals surface area (Å²) < 4.78 is 2.06. The molecule has 3 heterocycles. The predicted molar refractivity (Wildman–Crippen MR) is 90.2 cm³/mol. The van der Waals surface area contributed by atoms with E-state index >= 15 is 0 Å². The van der Waals surface area contributed by atoms with Crippen LogP contribution in [0.2, 0.25) is 0 Å². The Hall–Kier alpha value is -1.79. The van der Waals surface area contributed by atoms with Crippen LogP contribution in [-0.2, 0) is 30.8 Å². The van der Waals surface area contributed by atoms with Crippen molar-refractivity contribution in [3.05, 3.63) is 47.3 Å². The Balaban J connectivity index is 1.36. The van der Waals surface area contributed by atoms with Crippen molar-refractivity contribution in [2.75, 3.05) is 6.54 Å². The molecule has 0 saturated carbocycles. The third-order valence-corrected chi connectivity index (χ3v) is 5.64. The minimum Gasteiger partial charge on any atom is -0.349 e. The molecular weight excluding hydrogens is 308 g/mol. The lowest BCUT2D eigenvalue weighted by atomic mass is 10.1. The number of hydrogen-bond acceptors (Lipinski definition) is 4. The number of nitrogens with zero attached hydrogens (tertiary/aromatic N) is 2. The Morgan fingerprint density at radius 3 is 3.26 bits per heavy atom. The molecule has 1 atom stereocenters. The van der Waals surface area contributed by atoms with Crippen molar-refractivity contribution in [1.82, 2.24) is 20.4 Å². The Morgan fingerprint density at radius 2 is 2.35 bits per heavy atom. The highest BCUT2D eigenvalue weighted by Gasteiger charge is 2.27. The molecule has 1 aromatic carbocycles. The smallest absolute Gasteiger partial charge is 0.234 e. The highest BCUT2D eigenvalue weighted by molar-refractivity contribution is 8.01. The van der Waals surface area contributed by atoms with E-state index in [0.29, 0.717) is 6.54 Å². The number of carbonyl (C=O) groups excluding carboxylic acids is 1. The van der Waals surface area contributed by atoms with Crippen LogP contribution >= 0.6 is 11.8 Å². The molecule has 2 aliphatic heterocycles. The third-order valence-electron chi connectivity index (χ3n) is 4.33. The van der Waals surface area contributed by atoms with Gasteiger partial charge in [-0.2, -0.15) is 5.10 Å². The molecule has 1 unspecified atom stereocenters. The lowest BCUT2D eigenvalue weighted by Crippen LogP contribution is -2.32. The zero-order valence-corrected chi connectivity index (χ0v) is 13.7. The molecule has 120 valence electrons. The fraction of sp³-hybridized carbons (Fsp3) is 0.412. The standard InChI is InChI=1S/C17H20N4OS/c22-17(16-8-12-4-1-2-5-15(12)23-16)19-10-13-9-14-11-18-6-3-7-21(14)20-13/h1-2,4-5,9,16,18H,3,6-8,10-11H2,(H,19,22). The molecule has 23 heavy (non-hydrogen) atoms. The Kier molecular flexibility index (Phi) is 4.10. The first kappa shape index (κ1) is 14.8. The van der Waals surface area contributed by atoms with Crippen molar-refractivity contribution in [3.8, 4) is 0 Å². The molecule has 0 bridgehead atoms. The minimum atomic E-state index is -0.0190. The highest BCUT2D eigenvalue weighted by Crippen LogP contribution is 2.36. The van der Waals surface area contributed by atoms with Crippen molar-refractivity contribution in [2.24, 2.45) is 0 Å². The normalized spacial score (nSPS) is 19.7. The van der Waals surface area contributed by atoms with Gasteiger partial charge in [-0.25, -0.2) is 0 Å². The largest absolute Gasteiger partial charge is 0.349 e. The number of thioether (sulfide) groups is 1. The van der Waals surface area contributed by atoms with Gasteiger partial charge in [0.1, 0.15) is 0 Å². The second-order valence-electron chi connectivity index (χ2n) is 6.02. The van der Waals surface area contributed by atoms with Gasteiger partial charge in [-0.05, 0) is 37.1 Å². The summed E-state index contributed by atoms with van der Waals surface area (Å²) in [6.07, 6.45) is 1.91. The van der Waals surface area contributed by atoms with Gasteiger partial charge in [0.15, 0.2) is 0 Å². The highest BCUT2D eigenvalue weighted by atomic mass is 32.2. The van der Waals surface area contributed by atoms with Gasteiger partial charge < -0.3 is 10.6 Å². The molecule has 2 N–H and O–H groups in total. The van der Waals surface area contributed by atoms with Crippen LogP contribution in [0.4, 0.5) is 0 Å². The molecule has 1 amide bonds. The van der Waals surface area contributed by atoms with E-state index in [-0.39, 0.29) is 11.2 Å². The monoisotopic (exact) mass is 328 g/mol. The molecular formula is C17H20N4OS. The van der Waals surface area contributed by atoms with Crippen LogP contribution < -0.4 is 10.6 Å². The molecule has 0 spiro atoms. The van der Waals surface area contributed by atoms with Crippen molar-refractivity contribution in [2.45, 2.75) is 42.6 Å². The molecule has 0 saturated heterocycles. The lowest BCUT2D eigenvalue weighted by molar-refractivity contribution is -0.120. The van der Waals surface area contributed by atoms with Crippen LogP contribution in [0.1, 0.15) is 23.4 Å². The fourth-order valence-electron chi connectivity index (χ4n) is 3.13. The van der Waals surface area contributed by atoms with Crippen LogP contribution in [0.3, 0.4) is 0 Å². The van der Waals surface area contributed by atoms with E-state index in [4.69, 9.17) is 0 Å². The van der Waals surface area contributed by atoms with Gasteiger partial charge in [-0.1, -0.05) is 18.2 Å². The topological polar surface area (TPSA) is 59.0 Å². The molecule has 2 aliphatic rings. The van der Waals surface area contributed by atoms with E-state index in [2.05, 4.69) is 38.6 Å². The first-order chi connectivity index (χ1) is 11.3. The van der Waals surface area contributed by atoms with Gasteiger partial charge >= 0.3 is 0 Å². The third kappa shape index (κ3) is 3.14. The zero-order valence-electron chi connectivity index (χ0n) is 12.9. The maximum atomic E-state index is 12.4. The van der Waals surface area contributed by atoms with Crippen LogP contribution in [0, 0.1) is 0 Å². The molecule has 0 radical (unpaired) electrons. The number of amides is 1. The average Bonchev–Trinajstić information content (AvgIpc) is 3.11. The van der Waals surface area contributed by atoms with Gasteiger partial charge in [0, 0.05) is 18.0 Å². The number of carbonyl (C=O) groups is 1. The van der Waals surface area contributed by atoms with E-state index < -0.39 is 0 Å². The summed E-state index contributed by atoms with van der Waals surface area (Å²) in [5.74, 6) is 0.104. The lowest BCUT2D eigenvalue weighted by Gasteiger charge is -2.08. The summed E-state index contributed by atoms with van der Waals surface area (Å²) in [5.41, 5.74) is 3.42. The van der Waals surface area contributed by atoms with Gasteiger partial charge in [0.05, 0.1) is 23.2 Å². The number of fused-ring (bicyclic) bond motifs is 2. The van der Waals surface area contributed by atoms with Crippen molar-refractivity contribution in [3.63, 3.8) is 0 Å². The zero-order chi connectivity index (χ0) is 15.6.